The Bertz CT molecular complexity index is 688. The topological polar surface area (TPSA) is 41.6 Å². The minimum absolute atomic E-state index is 0.116. The maximum atomic E-state index is 12.9. The van der Waals surface area contributed by atoms with Crippen LogP contribution in [0, 0.1) is 6.92 Å². The predicted molar refractivity (Wildman–Crippen MR) is 111 cm³/mol. The van der Waals surface area contributed by atoms with Crippen LogP contribution in [0.25, 0.3) is 0 Å². The van der Waals surface area contributed by atoms with Crippen molar-refractivity contribution in [2.45, 2.75) is 52.8 Å². The fourth-order valence-corrected chi connectivity index (χ4v) is 3.16. The Morgan fingerprint density at radius 2 is 1.56 bits per heavy atom. The van der Waals surface area contributed by atoms with Gasteiger partial charge in [0.15, 0.2) is 0 Å². The van der Waals surface area contributed by atoms with E-state index in [-0.39, 0.29) is 5.91 Å². The Morgan fingerprint density at radius 1 is 0.963 bits per heavy atom. The highest BCUT2D eigenvalue weighted by atomic mass is 16.5. The van der Waals surface area contributed by atoms with Crippen LogP contribution in [-0.2, 0) is 4.79 Å². The third-order valence-electron chi connectivity index (χ3n) is 4.61. The zero-order chi connectivity index (χ0) is 19.8. The molecule has 1 atom stereocenters. The van der Waals surface area contributed by atoms with Crippen molar-refractivity contribution in [1.82, 2.24) is 10.2 Å². The lowest BCUT2D eigenvalue weighted by Crippen LogP contribution is -2.43. The minimum Gasteiger partial charge on any atom is -0.476 e. The molecule has 4 nitrogen and oxygen atoms in total. The highest BCUT2D eigenvalue weighted by Gasteiger charge is 2.23. The van der Waals surface area contributed by atoms with Gasteiger partial charge in [0, 0.05) is 30.7 Å². The number of nitrogens with one attached hydrogen (secondary N) is 1. The third kappa shape index (κ3) is 6.40. The molecule has 0 fully saturated rings. The Morgan fingerprint density at radius 3 is 2.11 bits per heavy atom. The van der Waals surface area contributed by atoms with Gasteiger partial charge in [0.1, 0.15) is 5.75 Å². The number of aryl methyl sites for hydroxylation is 1. The zero-order valence-electron chi connectivity index (χ0n) is 17.1. The average molecular weight is 369 g/mol. The Hall–Kier alpha value is -2.33. The number of hydrogen-bond donors (Lipinski definition) is 1. The van der Waals surface area contributed by atoms with Gasteiger partial charge in [0.05, 0.1) is 0 Å². The second kappa shape index (κ2) is 10.1. The molecule has 0 radical (unpaired) electrons. The van der Waals surface area contributed by atoms with Crippen molar-refractivity contribution in [2.75, 3.05) is 13.1 Å². The van der Waals surface area contributed by atoms with E-state index in [9.17, 15) is 4.79 Å². The van der Waals surface area contributed by atoms with Crippen LogP contribution < -0.4 is 10.1 Å². The summed E-state index contributed by atoms with van der Waals surface area (Å²) >= 11 is 0. The van der Waals surface area contributed by atoms with Gasteiger partial charge in [-0.25, -0.2) is 0 Å². The number of rotatable bonds is 9. The van der Waals surface area contributed by atoms with Crippen molar-refractivity contribution >= 4 is 5.91 Å². The van der Waals surface area contributed by atoms with E-state index in [1.54, 1.807) is 0 Å². The lowest BCUT2D eigenvalue weighted by atomic mass is 10.1. The van der Waals surface area contributed by atoms with Gasteiger partial charge in [-0.1, -0.05) is 48.0 Å². The summed E-state index contributed by atoms with van der Waals surface area (Å²) < 4.78 is 6.03. The maximum Gasteiger partial charge on any atom is 0.265 e. The van der Waals surface area contributed by atoms with Crippen LogP contribution >= 0.6 is 0 Å². The molecule has 4 heteroatoms. The minimum atomic E-state index is -0.667. The van der Waals surface area contributed by atoms with Gasteiger partial charge < -0.3 is 10.1 Å². The average Bonchev–Trinajstić information content (AvgIpc) is 2.64. The molecule has 0 unspecified atom stereocenters. The van der Waals surface area contributed by atoms with Gasteiger partial charge >= 0.3 is 0 Å². The molecule has 1 amide bonds. The molecule has 0 saturated carbocycles. The highest BCUT2D eigenvalue weighted by Crippen LogP contribution is 2.22. The number of carbonyl (C=O) groups is 1. The lowest BCUT2D eigenvalue weighted by molar-refractivity contribution is -0.128. The summed E-state index contributed by atoms with van der Waals surface area (Å²) in [7, 11) is 0. The van der Waals surface area contributed by atoms with Crippen LogP contribution in [0.1, 0.15) is 44.9 Å². The largest absolute Gasteiger partial charge is 0.476 e. The van der Waals surface area contributed by atoms with Gasteiger partial charge in [-0.05, 0) is 46.8 Å². The van der Waals surface area contributed by atoms with E-state index in [1.807, 2.05) is 61.5 Å². The molecule has 27 heavy (non-hydrogen) atoms. The van der Waals surface area contributed by atoms with E-state index in [0.717, 1.165) is 17.7 Å². The van der Waals surface area contributed by atoms with Gasteiger partial charge in [-0.2, -0.15) is 0 Å². The second-order valence-corrected chi connectivity index (χ2v) is 7.44. The first-order chi connectivity index (χ1) is 12.9. The van der Waals surface area contributed by atoms with Crippen molar-refractivity contribution in [3.05, 3.63) is 65.7 Å². The molecular weight excluding hydrogens is 336 g/mol. The summed E-state index contributed by atoms with van der Waals surface area (Å²) in [6, 6.07) is 18.3. The van der Waals surface area contributed by atoms with E-state index in [0.29, 0.717) is 24.4 Å². The first-order valence-corrected chi connectivity index (χ1v) is 9.70. The molecule has 0 aromatic heterocycles. The fraction of sp³-hybridized carbons (Fsp3) is 0.435. The summed E-state index contributed by atoms with van der Waals surface area (Å²) in [4.78, 5) is 15.3. The van der Waals surface area contributed by atoms with Crippen molar-refractivity contribution in [3.8, 4) is 5.75 Å². The Labute approximate surface area is 163 Å². The van der Waals surface area contributed by atoms with Crippen molar-refractivity contribution in [3.63, 3.8) is 0 Å². The number of ether oxygens (including phenoxy) is 1. The van der Waals surface area contributed by atoms with Gasteiger partial charge in [-0.3, -0.25) is 9.69 Å². The highest BCUT2D eigenvalue weighted by molar-refractivity contribution is 5.82. The smallest absolute Gasteiger partial charge is 0.265 e. The number of nitrogens with zero attached hydrogens (tertiary/aromatic N) is 1. The van der Waals surface area contributed by atoms with Crippen molar-refractivity contribution in [2.24, 2.45) is 0 Å². The summed E-state index contributed by atoms with van der Waals surface area (Å²) in [6.07, 6.45) is -0.667. The van der Waals surface area contributed by atoms with Crippen LogP contribution in [0.3, 0.4) is 0 Å². The Kier molecular flexibility index (Phi) is 7.86. The maximum absolute atomic E-state index is 12.9. The van der Waals surface area contributed by atoms with Gasteiger partial charge in [0.2, 0.25) is 6.10 Å². The second-order valence-electron chi connectivity index (χ2n) is 7.44. The summed E-state index contributed by atoms with van der Waals surface area (Å²) in [5, 5.41) is 3.05. The Balaban J connectivity index is 2.08. The van der Waals surface area contributed by atoms with Crippen LogP contribution in [0.5, 0.6) is 5.75 Å². The molecule has 0 saturated heterocycles. The molecule has 0 aliphatic rings. The van der Waals surface area contributed by atoms with Gasteiger partial charge in [-0.15, -0.1) is 0 Å². The molecule has 2 aromatic rings. The van der Waals surface area contributed by atoms with Crippen LogP contribution in [0.2, 0.25) is 0 Å². The number of carbonyl (C=O) groups excluding carboxylic acids is 1. The van der Waals surface area contributed by atoms with Gasteiger partial charge in [0.25, 0.3) is 5.91 Å². The van der Waals surface area contributed by atoms with Crippen molar-refractivity contribution in [1.29, 1.82) is 0 Å². The number of para-hydroxylation sites is 1. The molecule has 0 aliphatic heterocycles. The molecule has 0 heterocycles. The molecule has 0 spiro atoms. The van der Waals surface area contributed by atoms with Crippen molar-refractivity contribution < 1.29 is 9.53 Å². The van der Waals surface area contributed by atoms with E-state index in [2.05, 4.69) is 37.9 Å². The normalized spacial score (nSPS) is 12.4. The summed E-state index contributed by atoms with van der Waals surface area (Å²) in [5.74, 6) is 0.569. The fourth-order valence-electron chi connectivity index (χ4n) is 3.16. The monoisotopic (exact) mass is 368 g/mol. The zero-order valence-corrected chi connectivity index (χ0v) is 17.1. The predicted octanol–water partition coefficient (Wildman–Crippen LogP) is 4.35. The lowest BCUT2D eigenvalue weighted by Gasteiger charge is -2.30. The van der Waals surface area contributed by atoms with E-state index >= 15 is 0 Å². The summed E-state index contributed by atoms with van der Waals surface area (Å²) in [6.45, 7) is 12.1. The molecule has 146 valence electrons. The molecule has 0 bridgehead atoms. The molecule has 0 aliphatic carbocycles. The molecule has 2 aromatic carbocycles. The number of hydrogen-bond acceptors (Lipinski definition) is 3. The standard InChI is InChI=1S/C23H32N2O2/c1-17(2)25(18(3)4)16-15-24-23(26)22(20-13-11-19(5)12-14-20)27-21-9-7-6-8-10-21/h6-14,17-18,22H,15-16H2,1-5H3,(H,24,26)/t22-/m0/s1. The van der Waals surface area contributed by atoms with Crippen LogP contribution in [-0.4, -0.2) is 36.0 Å². The van der Waals surface area contributed by atoms with Crippen LogP contribution in [0.4, 0.5) is 0 Å². The quantitative estimate of drug-likeness (QED) is 0.715. The first kappa shape index (κ1) is 21.0. The summed E-state index contributed by atoms with van der Waals surface area (Å²) in [5.41, 5.74) is 2.01. The SMILES string of the molecule is Cc1ccc([C@H](Oc2ccccc2)C(=O)NCCN(C(C)C)C(C)C)cc1. The third-order valence-corrected chi connectivity index (χ3v) is 4.61. The first-order valence-electron chi connectivity index (χ1n) is 9.70. The molecule has 2 rings (SSSR count). The van der Waals surface area contributed by atoms with E-state index in [1.165, 1.54) is 0 Å². The number of benzene rings is 2. The number of amides is 1. The van der Waals surface area contributed by atoms with Crippen LogP contribution in [0.15, 0.2) is 54.6 Å². The van der Waals surface area contributed by atoms with E-state index < -0.39 is 6.10 Å². The van der Waals surface area contributed by atoms with E-state index in [4.69, 9.17) is 4.74 Å². The molecular formula is C23H32N2O2. The molecule has 1 N–H and O–H groups in total.